The Hall–Kier alpha value is -3.95. The summed E-state index contributed by atoms with van der Waals surface area (Å²) in [5, 5.41) is 3.07. The molecule has 2 unspecified atom stereocenters. The molecule has 9 heteroatoms. The van der Waals surface area contributed by atoms with Gasteiger partial charge in [-0.3, -0.25) is 13.9 Å². The van der Waals surface area contributed by atoms with Crippen LogP contribution in [0, 0.1) is 6.92 Å². The minimum atomic E-state index is -4.16. The van der Waals surface area contributed by atoms with Crippen molar-refractivity contribution < 1.29 is 18.0 Å². The van der Waals surface area contributed by atoms with Crippen LogP contribution < -0.4 is 9.62 Å². The zero-order chi connectivity index (χ0) is 34.1. The molecule has 0 saturated heterocycles. The number of nitrogens with one attached hydrogen (secondary N) is 1. The highest BCUT2D eigenvalue weighted by Crippen LogP contribution is 2.27. The van der Waals surface area contributed by atoms with E-state index in [-0.39, 0.29) is 35.7 Å². The number of benzene rings is 4. The van der Waals surface area contributed by atoms with Crippen molar-refractivity contribution in [2.75, 3.05) is 10.8 Å². The van der Waals surface area contributed by atoms with E-state index in [1.807, 2.05) is 87.5 Å². The molecule has 0 spiro atoms. The van der Waals surface area contributed by atoms with Crippen molar-refractivity contribution in [3.8, 4) is 0 Å². The van der Waals surface area contributed by atoms with Gasteiger partial charge in [0.1, 0.15) is 12.6 Å². The first kappa shape index (κ1) is 35.9. The first-order chi connectivity index (χ1) is 22.4. The first-order valence-electron chi connectivity index (χ1n) is 16.0. The Morgan fingerprint density at radius 3 is 2.00 bits per heavy atom. The molecule has 0 radical (unpaired) electrons. The van der Waals surface area contributed by atoms with Gasteiger partial charge in [-0.25, -0.2) is 8.42 Å². The number of rotatable bonds is 14. The summed E-state index contributed by atoms with van der Waals surface area (Å²) in [6.45, 7) is 9.56. The van der Waals surface area contributed by atoms with Crippen molar-refractivity contribution in [3.63, 3.8) is 0 Å². The van der Waals surface area contributed by atoms with E-state index in [9.17, 15) is 18.0 Å². The second-order valence-electron chi connectivity index (χ2n) is 12.2. The smallest absolute Gasteiger partial charge is 0.264 e. The average molecular weight is 719 g/mol. The Kier molecular flexibility index (Phi) is 12.4. The van der Waals surface area contributed by atoms with E-state index < -0.39 is 28.5 Å². The number of amides is 2. The van der Waals surface area contributed by atoms with E-state index in [0.29, 0.717) is 5.69 Å². The summed E-state index contributed by atoms with van der Waals surface area (Å²) in [5.41, 5.74) is 4.04. The molecule has 7 nitrogen and oxygen atoms in total. The van der Waals surface area contributed by atoms with E-state index in [1.165, 1.54) is 4.90 Å². The van der Waals surface area contributed by atoms with Crippen molar-refractivity contribution in [2.24, 2.45) is 0 Å². The van der Waals surface area contributed by atoms with Crippen molar-refractivity contribution in [1.82, 2.24) is 10.2 Å². The van der Waals surface area contributed by atoms with Gasteiger partial charge in [0.15, 0.2) is 0 Å². The average Bonchev–Trinajstić information content (AvgIpc) is 3.06. The Morgan fingerprint density at radius 1 is 0.809 bits per heavy atom. The van der Waals surface area contributed by atoms with E-state index in [2.05, 4.69) is 35.1 Å². The second kappa shape index (κ2) is 16.2. The molecule has 0 bridgehead atoms. The van der Waals surface area contributed by atoms with Gasteiger partial charge in [0, 0.05) is 23.5 Å². The van der Waals surface area contributed by atoms with Gasteiger partial charge in [0.2, 0.25) is 11.8 Å². The van der Waals surface area contributed by atoms with Gasteiger partial charge >= 0.3 is 0 Å². The fourth-order valence-corrected chi connectivity index (χ4v) is 6.85. The lowest BCUT2D eigenvalue weighted by Crippen LogP contribution is -2.54. The van der Waals surface area contributed by atoms with Crippen LogP contribution in [0.2, 0.25) is 0 Å². The number of anilines is 1. The number of halogens is 1. The molecule has 0 fully saturated rings. The van der Waals surface area contributed by atoms with E-state index in [4.69, 9.17) is 0 Å². The third-order valence-corrected chi connectivity index (χ3v) is 10.6. The number of aryl methyl sites for hydroxylation is 1. The molecule has 47 heavy (non-hydrogen) atoms. The summed E-state index contributed by atoms with van der Waals surface area (Å²) in [7, 11) is -4.16. The summed E-state index contributed by atoms with van der Waals surface area (Å²) < 4.78 is 30.6. The third kappa shape index (κ3) is 9.55. The Morgan fingerprint density at radius 2 is 1.43 bits per heavy atom. The molecule has 2 atom stereocenters. The quantitative estimate of drug-likeness (QED) is 0.145. The maximum Gasteiger partial charge on any atom is 0.264 e. The summed E-state index contributed by atoms with van der Waals surface area (Å²) >= 11 is 3.47. The fraction of sp³-hybridized carbons (Fsp3) is 0.316. The van der Waals surface area contributed by atoms with Gasteiger partial charge < -0.3 is 10.2 Å². The Labute approximate surface area is 288 Å². The van der Waals surface area contributed by atoms with Crippen LogP contribution in [0.25, 0.3) is 0 Å². The van der Waals surface area contributed by atoms with Crippen LogP contribution in [0.4, 0.5) is 5.69 Å². The number of hydrogen-bond donors (Lipinski definition) is 1. The Bertz CT molecular complexity index is 1730. The molecule has 4 rings (SSSR count). The molecule has 0 aliphatic heterocycles. The van der Waals surface area contributed by atoms with Crippen molar-refractivity contribution in [2.45, 2.75) is 76.9 Å². The number of sulfonamides is 1. The molecule has 0 saturated carbocycles. The zero-order valence-corrected chi connectivity index (χ0v) is 30.1. The van der Waals surface area contributed by atoms with Crippen LogP contribution in [-0.2, 0) is 32.6 Å². The minimum Gasteiger partial charge on any atom is -0.352 e. The normalized spacial score (nSPS) is 12.7. The lowest BCUT2D eigenvalue weighted by molar-refractivity contribution is -0.140. The lowest BCUT2D eigenvalue weighted by atomic mass is 10.0. The summed E-state index contributed by atoms with van der Waals surface area (Å²) in [6, 6.07) is 30.0. The molecule has 0 aliphatic rings. The highest BCUT2D eigenvalue weighted by Gasteiger charge is 2.35. The van der Waals surface area contributed by atoms with E-state index in [0.717, 1.165) is 37.5 Å². The fourth-order valence-electron chi connectivity index (χ4n) is 5.17. The third-order valence-electron chi connectivity index (χ3n) is 8.27. The molecule has 0 heterocycles. The van der Waals surface area contributed by atoms with Crippen molar-refractivity contribution >= 4 is 43.5 Å². The molecule has 0 aromatic heterocycles. The van der Waals surface area contributed by atoms with Crippen LogP contribution in [0.5, 0.6) is 0 Å². The van der Waals surface area contributed by atoms with Crippen LogP contribution in [-0.4, -0.2) is 43.8 Å². The number of carbonyl (C=O) groups excluding carboxylic acids is 2. The van der Waals surface area contributed by atoms with E-state index in [1.54, 1.807) is 36.4 Å². The van der Waals surface area contributed by atoms with Gasteiger partial charge in [-0.15, -0.1) is 0 Å². The number of hydrogen-bond acceptors (Lipinski definition) is 4. The molecular weight excluding hydrogens is 674 g/mol. The zero-order valence-electron chi connectivity index (χ0n) is 27.7. The molecular formula is C38H44BrN3O4S. The van der Waals surface area contributed by atoms with Crippen LogP contribution in [0.3, 0.4) is 0 Å². The Balaban J connectivity index is 1.81. The number of carbonyl (C=O) groups is 2. The van der Waals surface area contributed by atoms with Gasteiger partial charge in [-0.05, 0) is 79.3 Å². The topological polar surface area (TPSA) is 86.8 Å². The van der Waals surface area contributed by atoms with Crippen molar-refractivity contribution in [3.05, 3.63) is 130 Å². The van der Waals surface area contributed by atoms with E-state index >= 15 is 0 Å². The monoisotopic (exact) mass is 717 g/mol. The maximum atomic E-state index is 14.6. The standard InChI is InChI=1S/C38H44BrN3O4S/c1-6-29(5)40-38(44)36(24-30-10-8-7-9-11-30)41(25-31-14-18-33(39)19-15-31)37(43)26-42(34-20-16-32(17-21-34)27(2)3)47(45,46)35-22-12-28(4)13-23-35/h7-23,27,29,36H,6,24-26H2,1-5H3,(H,40,44). The predicted molar refractivity (Wildman–Crippen MR) is 193 cm³/mol. The molecule has 1 N–H and O–H groups in total. The SMILES string of the molecule is CCC(C)NC(=O)C(Cc1ccccc1)N(Cc1ccc(Br)cc1)C(=O)CN(c1ccc(C(C)C)cc1)S(=O)(=O)c1ccc(C)cc1. The van der Waals surface area contributed by atoms with Gasteiger partial charge in [0.05, 0.1) is 10.6 Å². The molecule has 4 aromatic carbocycles. The summed E-state index contributed by atoms with van der Waals surface area (Å²) in [4.78, 5) is 30.2. The van der Waals surface area contributed by atoms with Crippen LogP contribution in [0.1, 0.15) is 62.3 Å². The van der Waals surface area contributed by atoms with Gasteiger partial charge in [0.25, 0.3) is 10.0 Å². The van der Waals surface area contributed by atoms with Crippen molar-refractivity contribution in [1.29, 1.82) is 0 Å². The first-order valence-corrected chi connectivity index (χ1v) is 18.2. The molecule has 0 aliphatic carbocycles. The second-order valence-corrected chi connectivity index (χ2v) is 15.0. The number of nitrogens with zero attached hydrogens (tertiary/aromatic N) is 2. The predicted octanol–water partition coefficient (Wildman–Crippen LogP) is 7.63. The van der Waals surface area contributed by atoms with Gasteiger partial charge in [-0.2, -0.15) is 0 Å². The molecule has 4 aromatic rings. The highest BCUT2D eigenvalue weighted by atomic mass is 79.9. The summed E-state index contributed by atoms with van der Waals surface area (Å²) in [6.07, 6.45) is 0.985. The van der Waals surface area contributed by atoms with Crippen LogP contribution in [0.15, 0.2) is 112 Å². The lowest BCUT2D eigenvalue weighted by Gasteiger charge is -2.34. The van der Waals surface area contributed by atoms with Gasteiger partial charge in [-0.1, -0.05) is 109 Å². The highest BCUT2D eigenvalue weighted by molar-refractivity contribution is 9.10. The molecule has 2 amide bonds. The molecule has 248 valence electrons. The van der Waals surface area contributed by atoms with Crippen LogP contribution >= 0.6 is 15.9 Å². The minimum absolute atomic E-state index is 0.0821. The summed E-state index contributed by atoms with van der Waals surface area (Å²) in [5.74, 6) is -0.531. The maximum absolute atomic E-state index is 14.6. The largest absolute Gasteiger partial charge is 0.352 e.